The van der Waals surface area contributed by atoms with Gasteiger partial charge < -0.3 is 0 Å². The van der Waals surface area contributed by atoms with Crippen LogP contribution in [0.4, 0.5) is 0 Å². The van der Waals surface area contributed by atoms with E-state index >= 15 is 0 Å². The van der Waals surface area contributed by atoms with Gasteiger partial charge in [-0.2, -0.15) is 10.4 Å². The van der Waals surface area contributed by atoms with E-state index in [1.165, 1.54) is 6.33 Å². The Morgan fingerprint density at radius 3 is 2.74 bits per heavy atom. The molecule has 0 radical (unpaired) electrons. The molecule has 1 heterocycles. The zero-order valence-electron chi connectivity index (χ0n) is 10.3. The first-order chi connectivity index (χ1) is 9.11. The summed E-state index contributed by atoms with van der Waals surface area (Å²) in [6, 6.07) is 7.56. The highest BCUT2D eigenvalue weighted by atomic mass is 35.5. The molecule has 1 aromatic heterocycles. The lowest BCUT2D eigenvalue weighted by molar-refractivity contribution is 0.416. The third kappa shape index (κ3) is 2.73. The summed E-state index contributed by atoms with van der Waals surface area (Å²) in [7, 11) is 0. The number of halogens is 2. The molecular formula is C13H12Cl2N4. The lowest BCUT2D eigenvalue weighted by Crippen LogP contribution is -2.30. The Morgan fingerprint density at radius 2 is 2.21 bits per heavy atom. The van der Waals surface area contributed by atoms with Gasteiger partial charge in [0.1, 0.15) is 18.1 Å². The van der Waals surface area contributed by atoms with Gasteiger partial charge in [-0.25, -0.2) is 4.98 Å². The van der Waals surface area contributed by atoms with Crippen molar-refractivity contribution in [1.82, 2.24) is 14.8 Å². The first-order valence-electron chi connectivity index (χ1n) is 5.80. The van der Waals surface area contributed by atoms with Gasteiger partial charge in [0.15, 0.2) is 0 Å². The van der Waals surface area contributed by atoms with Gasteiger partial charge in [-0.1, -0.05) is 36.2 Å². The molecule has 0 aliphatic carbocycles. The van der Waals surface area contributed by atoms with Gasteiger partial charge in [0, 0.05) is 10.0 Å². The molecule has 4 nitrogen and oxygen atoms in total. The smallest absolute Gasteiger partial charge is 0.137 e. The van der Waals surface area contributed by atoms with Crippen molar-refractivity contribution in [2.24, 2.45) is 0 Å². The predicted molar refractivity (Wildman–Crippen MR) is 74.1 cm³/mol. The first-order valence-corrected chi connectivity index (χ1v) is 6.56. The number of benzene rings is 1. The second-order valence-corrected chi connectivity index (χ2v) is 5.11. The van der Waals surface area contributed by atoms with Gasteiger partial charge in [0.25, 0.3) is 0 Å². The molecule has 0 saturated heterocycles. The molecule has 0 aliphatic heterocycles. The van der Waals surface area contributed by atoms with E-state index in [4.69, 9.17) is 23.2 Å². The van der Waals surface area contributed by atoms with Crippen molar-refractivity contribution in [3.05, 3.63) is 46.5 Å². The fraction of sp³-hybridized carbons (Fsp3) is 0.308. The van der Waals surface area contributed by atoms with E-state index in [9.17, 15) is 5.26 Å². The van der Waals surface area contributed by atoms with Crippen molar-refractivity contribution < 1.29 is 0 Å². The molecule has 0 fully saturated rings. The van der Waals surface area contributed by atoms with Crippen molar-refractivity contribution in [2.75, 3.05) is 0 Å². The Morgan fingerprint density at radius 1 is 1.42 bits per heavy atom. The number of nitrogens with zero attached hydrogens (tertiary/aromatic N) is 4. The molecule has 1 aromatic carbocycles. The summed E-state index contributed by atoms with van der Waals surface area (Å²) in [5.74, 6) is 0. The van der Waals surface area contributed by atoms with Crippen LogP contribution < -0.4 is 0 Å². The van der Waals surface area contributed by atoms with Crippen LogP contribution in [-0.4, -0.2) is 14.8 Å². The fourth-order valence-corrected chi connectivity index (χ4v) is 2.62. The van der Waals surface area contributed by atoms with E-state index in [1.54, 1.807) is 29.2 Å². The summed E-state index contributed by atoms with van der Waals surface area (Å²) in [6.07, 6.45) is 3.65. The minimum atomic E-state index is -0.741. The third-order valence-electron chi connectivity index (χ3n) is 3.16. The van der Waals surface area contributed by atoms with E-state index in [2.05, 4.69) is 16.2 Å². The summed E-state index contributed by atoms with van der Waals surface area (Å²) in [6.45, 7) is 2.35. The van der Waals surface area contributed by atoms with Crippen LogP contribution >= 0.6 is 23.2 Å². The maximum absolute atomic E-state index is 9.62. The molecule has 0 aliphatic rings. The molecule has 0 spiro atoms. The highest BCUT2D eigenvalue weighted by Crippen LogP contribution is 2.35. The van der Waals surface area contributed by atoms with Crippen molar-refractivity contribution in [1.29, 1.82) is 5.26 Å². The normalized spacial score (nSPS) is 13.8. The van der Waals surface area contributed by atoms with Gasteiger partial charge >= 0.3 is 0 Å². The van der Waals surface area contributed by atoms with Crippen molar-refractivity contribution in [2.45, 2.75) is 25.3 Å². The zero-order chi connectivity index (χ0) is 13.9. The largest absolute Gasteiger partial charge is 0.251 e. The van der Waals surface area contributed by atoms with Crippen molar-refractivity contribution in [3.8, 4) is 6.07 Å². The summed E-state index contributed by atoms with van der Waals surface area (Å²) in [4.78, 5) is 3.89. The SMILES string of the molecule is CCC(C#N)(Cn1cncn1)c1ccc(Cl)cc1Cl. The molecule has 6 heteroatoms. The zero-order valence-corrected chi connectivity index (χ0v) is 11.9. The Bertz CT molecular complexity index is 604. The lowest BCUT2D eigenvalue weighted by atomic mass is 9.79. The summed E-state index contributed by atoms with van der Waals surface area (Å²) >= 11 is 12.1. The van der Waals surface area contributed by atoms with Crippen LogP contribution in [0.5, 0.6) is 0 Å². The number of rotatable bonds is 4. The van der Waals surface area contributed by atoms with E-state index in [0.717, 1.165) is 5.56 Å². The van der Waals surface area contributed by atoms with E-state index in [1.807, 2.05) is 6.92 Å². The Labute approximate surface area is 121 Å². The molecule has 0 amide bonds. The van der Waals surface area contributed by atoms with Crippen LogP contribution in [0, 0.1) is 11.3 Å². The molecule has 1 unspecified atom stereocenters. The monoisotopic (exact) mass is 294 g/mol. The number of nitriles is 1. The maximum Gasteiger partial charge on any atom is 0.137 e. The van der Waals surface area contributed by atoms with Gasteiger partial charge in [-0.15, -0.1) is 0 Å². The Hall–Kier alpha value is -1.57. The molecule has 0 N–H and O–H groups in total. The van der Waals surface area contributed by atoms with Gasteiger partial charge in [-0.05, 0) is 24.1 Å². The maximum atomic E-state index is 9.62. The minimum absolute atomic E-state index is 0.404. The third-order valence-corrected chi connectivity index (χ3v) is 3.71. The van der Waals surface area contributed by atoms with Crippen molar-refractivity contribution >= 4 is 23.2 Å². The quantitative estimate of drug-likeness (QED) is 0.868. The number of hydrogen-bond donors (Lipinski definition) is 0. The second kappa shape index (κ2) is 5.60. The summed E-state index contributed by atoms with van der Waals surface area (Å²) < 4.78 is 1.64. The van der Waals surface area contributed by atoms with Gasteiger partial charge in [-0.3, -0.25) is 4.68 Å². The molecule has 0 saturated carbocycles. The van der Waals surface area contributed by atoms with Gasteiger partial charge in [0.2, 0.25) is 0 Å². The number of aromatic nitrogens is 3. The van der Waals surface area contributed by atoms with Crippen LogP contribution in [0.2, 0.25) is 10.0 Å². The van der Waals surface area contributed by atoms with Crippen LogP contribution in [-0.2, 0) is 12.0 Å². The highest BCUT2D eigenvalue weighted by molar-refractivity contribution is 6.35. The average molecular weight is 295 g/mol. The molecule has 1 atom stereocenters. The number of hydrogen-bond acceptors (Lipinski definition) is 3. The summed E-state index contributed by atoms with van der Waals surface area (Å²) in [5, 5.41) is 14.7. The van der Waals surface area contributed by atoms with Gasteiger partial charge in [0.05, 0.1) is 12.6 Å². The molecule has 98 valence electrons. The van der Waals surface area contributed by atoms with E-state index in [0.29, 0.717) is 23.0 Å². The molecule has 19 heavy (non-hydrogen) atoms. The molecule has 0 bridgehead atoms. The Balaban J connectivity index is 2.47. The highest BCUT2D eigenvalue weighted by Gasteiger charge is 2.33. The lowest BCUT2D eigenvalue weighted by Gasteiger charge is -2.26. The van der Waals surface area contributed by atoms with E-state index in [-0.39, 0.29) is 0 Å². The molecule has 2 rings (SSSR count). The van der Waals surface area contributed by atoms with E-state index < -0.39 is 5.41 Å². The topological polar surface area (TPSA) is 54.5 Å². The Kier molecular flexibility index (Phi) is 4.08. The van der Waals surface area contributed by atoms with Crippen LogP contribution in [0.25, 0.3) is 0 Å². The van der Waals surface area contributed by atoms with Crippen LogP contribution in [0.1, 0.15) is 18.9 Å². The second-order valence-electron chi connectivity index (χ2n) is 4.26. The standard InChI is InChI=1S/C13H12Cl2N4/c1-2-13(6-16,7-19-9-17-8-18-19)11-4-3-10(14)5-12(11)15/h3-5,8-9H,2,7H2,1H3. The predicted octanol–water partition coefficient (Wildman–Crippen LogP) is 3.46. The minimum Gasteiger partial charge on any atom is -0.251 e. The summed E-state index contributed by atoms with van der Waals surface area (Å²) in [5.41, 5.74) is 0.0223. The van der Waals surface area contributed by atoms with Crippen LogP contribution in [0.15, 0.2) is 30.9 Å². The fourth-order valence-electron chi connectivity index (χ4n) is 2.03. The first kappa shape index (κ1) is 13.9. The van der Waals surface area contributed by atoms with Crippen LogP contribution in [0.3, 0.4) is 0 Å². The van der Waals surface area contributed by atoms with Crippen molar-refractivity contribution in [3.63, 3.8) is 0 Å². The average Bonchev–Trinajstić information content (AvgIpc) is 2.89. The molecular weight excluding hydrogens is 283 g/mol. The molecule has 2 aromatic rings.